The van der Waals surface area contributed by atoms with Crippen LogP contribution in [0.25, 0.3) is 5.69 Å². The van der Waals surface area contributed by atoms with Gasteiger partial charge >= 0.3 is 5.97 Å². The van der Waals surface area contributed by atoms with Crippen LogP contribution in [0.4, 0.5) is 0 Å². The van der Waals surface area contributed by atoms with Crippen molar-refractivity contribution in [1.29, 1.82) is 0 Å². The van der Waals surface area contributed by atoms with Crippen LogP contribution in [0.3, 0.4) is 0 Å². The fraction of sp³-hybridized carbons (Fsp3) is 0.0556. The molecular weight excluding hydrogens is 358 g/mol. The highest BCUT2D eigenvalue weighted by molar-refractivity contribution is 7.99. The molecule has 4 rings (SSSR count). The van der Waals surface area contributed by atoms with Crippen LogP contribution in [0.15, 0.2) is 58.3 Å². The molecule has 1 aliphatic rings. The number of aromatic carboxylic acids is 1. The van der Waals surface area contributed by atoms with E-state index in [-0.39, 0.29) is 24.1 Å². The molecule has 26 heavy (non-hydrogen) atoms. The lowest BCUT2D eigenvalue weighted by molar-refractivity contribution is 0.0693. The van der Waals surface area contributed by atoms with Crippen molar-refractivity contribution in [2.75, 3.05) is 6.79 Å². The maximum Gasteiger partial charge on any atom is 0.336 e. The molecule has 1 aromatic heterocycles. The molecule has 2 aromatic carbocycles. The molecule has 2 heterocycles. The van der Waals surface area contributed by atoms with Crippen LogP contribution < -0.4 is 9.47 Å². The van der Waals surface area contributed by atoms with Crippen LogP contribution in [0.1, 0.15) is 10.4 Å². The molecule has 0 saturated carbocycles. The van der Waals surface area contributed by atoms with Crippen LogP contribution >= 0.6 is 11.8 Å². The van der Waals surface area contributed by atoms with Gasteiger partial charge < -0.3 is 24.8 Å². The van der Waals surface area contributed by atoms with Crippen LogP contribution in [-0.2, 0) is 0 Å². The molecule has 0 bridgehead atoms. The third-order valence-corrected chi connectivity index (χ3v) is 4.97. The topological polar surface area (TPSA) is 101 Å². The Kier molecular flexibility index (Phi) is 3.89. The number of rotatable bonds is 4. The number of hydrogen-bond acceptors (Lipinski definition) is 6. The summed E-state index contributed by atoms with van der Waals surface area (Å²) in [5.41, 5.74) is 0.606. The van der Waals surface area contributed by atoms with Gasteiger partial charge in [-0.25, -0.2) is 4.79 Å². The van der Waals surface area contributed by atoms with Crippen LogP contribution in [0.2, 0.25) is 0 Å². The number of carboxylic acids is 1. The van der Waals surface area contributed by atoms with Crippen LogP contribution in [-0.4, -0.2) is 32.6 Å². The lowest BCUT2D eigenvalue weighted by Gasteiger charge is -2.08. The van der Waals surface area contributed by atoms with Crippen molar-refractivity contribution in [2.45, 2.75) is 9.79 Å². The lowest BCUT2D eigenvalue weighted by atomic mass is 10.2. The number of carbonyl (C=O) groups is 1. The van der Waals surface area contributed by atoms with E-state index in [1.165, 1.54) is 16.7 Å². The molecule has 0 fully saturated rings. The minimum absolute atomic E-state index is 0.118. The van der Waals surface area contributed by atoms with Gasteiger partial charge in [-0.1, -0.05) is 23.9 Å². The van der Waals surface area contributed by atoms with Crippen molar-refractivity contribution in [3.05, 3.63) is 54.1 Å². The Balaban J connectivity index is 1.73. The lowest BCUT2D eigenvalue weighted by Crippen LogP contribution is -1.98. The predicted octanol–water partition coefficient (Wildman–Crippen LogP) is 3.47. The number of nitrogens with zero attached hydrogens (tertiary/aromatic N) is 1. The molecular formula is C18H13NO6S. The number of ether oxygens (including phenoxy) is 2. The number of aromatic hydroxyl groups is 2. The van der Waals surface area contributed by atoms with E-state index in [1.54, 1.807) is 36.4 Å². The first-order valence-electron chi connectivity index (χ1n) is 7.58. The predicted molar refractivity (Wildman–Crippen MR) is 92.7 cm³/mol. The monoisotopic (exact) mass is 371 g/mol. The highest BCUT2D eigenvalue weighted by Gasteiger charge is 2.21. The summed E-state index contributed by atoms with van der Waals surface area (Å²) in [6.45, 7) is 0.121. The maximum absolute atomic E-state index is 11.3. The summed E-state index contributed by atoms with van der Waals surface area (Å²) in [5, 5.41) is 30.1. The van der Waals surface area contributed by atoms with E-state index in [1.807, 2.05) is 0 Å². The molecule has 7 nitrogen and oxygen atoms in total. The second kappa shape index (κ2) is 6.23. The van der Waals surface area contributed by atoms with Gasteiger partial charge in [-0.2, -0.15) is 0 Å². The van der Waals surface area contributed by atoms with Crippen molar-refractivity contribution in [2.24, 2.45) is 0 Å². The summed E-state index contributed by atoms with van der Waals surface area (Å²) in [7, 11) is 0. The number of aromatic nitrogens is 1. The maximum atomic E-state index is 11.3. The SMILES string of the molecule is O=C(O)c1ccccc1Sc1cc(O)n(-c2ccc3c(c2)OCO3)c1O. The minimum Gasteiger partial charge on any atom is -0.494 e. The number of benzene rings is 2. The normalized spacial score (nSPS) is 12.3. The quantitative estimate of drug-likeness (QED) is 0.645. The fourth-order valence-electron chi connectivity index (χ4n) is 2.67. The molecule has 132 valence electrons. The molecule has 0 radical (unpaired) electrons. The van der Waals surface area contributed by atoms with Crippen LogP contribution in [0, 0.1) is 0 Å². The number of fused-ring (bicyclic) bond motifs is 1. The van der Waals surface area contributed by atoms with Gasteiger partial charge in [0.25, 0.3) is 0 Å². The molecule has 0 amide bonds. The van der Waals surface area contributed by atoms with Gasteiger partial charge in [0.05, 0.1) is 16.1 Å². The number of hydrogen-bond donors (Lipinski definition) is 3. The zero-order valence-electron chi connectivity index (χ0n) is 13.2. The molecule has 0 saturated heterocycles. The first-order valence-corrected chi connectivity index (χ1v) is 8.40. The van der Waals surface area contributed by atoms with Gasteiger partial charge in [0.1, 0.15) is 0 Å². The van der Waals surface area contributed by atoms with E-state index < -0.39 is 5.97 Å². The van der Waals surface area contributed by atoms with Gasteiger partial charge in [-0.05, 0) is 24.3 Å². The molecule has 3 N–H and O–H groups in total. The molecule has 3 aromatic rings. The molecule has 0 spiro atoms. The standard InChI is InChI=1S/C18H13NO6S/c20-16-8-15(26-14-4-2-1-3-11(14)18(22)23)17(21)19(16)10-5-6-12-13(7-10)25-9-24-12/h1-8,20-21H,9H2,(H,22,23). The summed E-state index contributed by atoms with van der Waals surface area (Å²) < 4.78 is 11.8. The molecule has 0 unspecified atom stereocenters. The van der Waals surface area contributed by atoms with Crippen molar-refractivity contribution >= 4 is 17.7 Å². The first kappa shape index (κ1) is 16.2. The molecule has 1 aliphatic heterocycles. The summed E-state index contributed by atoms with van der Waals surface area (Å²) in [6, 6.07) is 12.8. The Hall–Kier alpha value is -3.26. The Morgan fingerprint density at radius 1 is 1.00 bits per heavy atom. The van der Waals surface area contributed by atoms with E-state index in [0.717, 1.165) is 11.8 Å². The average Bonchev–Trinajstić information content (AvgIpc) is 3.19. The summed E-state index contributed by atoms with van der Waals surface area (Å²) in [6.07, 6.45) is 0. The van der Waals surface area contributed by atoms with Gasteiger partial charge in [-0.3, -0.25) is 4.57 Å². The third kappa shape index (κ3) is 2.70. The minimum atomic E-state index is -1.06. The van der Waals surface area contributed by atoms with Gasteiger partial charge in [-0.15, -0.1) is 0 Å². The second-order valence-corrected chi connectivity index (χ2v) is 6.55. The summed E-state index contributed by atoms with van der Waals surface area (Å²) >= 11 is 1.06. The highest BCUT2D eigenvalue weighted by Crippen LogP contribution is 2.43. The summed E-state index contributed by atoms with van der Waals surface area (Å²) in [4.78, 5) is 12.1. The van der Waals surface area contributed by atoms with Crippen molar-refractivity contribution in [1.82, 2.24) is 4.57 Å². The van der Waals surface area contributed by atoms with Crippen molar-refractivity contribution < 1.29 is 29.6 Å². The molecule has 8 heteroatoms. The first-order chi connectivity index (χ1) is 12.5. The van der Waals surface area contributed by atoms with Crippen molar-refractivity contribution in [3.8, 4) is 28.9 Å². The van der Waals surface area contributed by atoms with E-state index in [9.17, 15) is 20.1 Å². The fourth-order valence-corrected chi connectivity index (χ4v) is 3.67. The van der Waals surface area contributed by atoms with Gasteiger partial charge in [0.15, 0.2) is 17.4 Å². The Morgan fingerprint density at radius 3 is 2.58 bits per heavy atom. The zero-order chi connectivity index (χ0) is 18.3. The number of carboxylic acid groups (broad SMARTS) is 1. The third-order valence-electron chi connectivity index (χ3n) is 3.87. The average molecular weight is 371 g/mol. The second-order valence-electron chi connectivity index (χ2n) is 5.47. The largest absolute Gasteiger partial charge is 0.494 e. The van der Waals surface area contributed by atoms with E-state index in [2.05, 4.69) is 0 Å². The highest BCUT2D eigenvalue weighted by atomic mass is 32.2. The van der Waals surface area contributed by atoms with Crippen LogP contribution in [0.5, 0.6) is 23.3 Å². The van der Waals surface area contributed by atoms with Gasteiger partial charge in [0, 0.05) is 17.0 Å². The molecule has 0 aliphatic carbocycles. The Morgan fingerprint density at radius 2 is 1.77 bits per heavy atom. The Bertz CT molecular complexity index is 1010. The van der Waals surface area contributed by atoms with Crippen molar-refractivity contribution in [3.63, 3.8) is 0 Å². The van der Waals surface area contributed by atoms with E-state index in [0.29, 0.717) is 27.0 Å². The van der Waals surface area contributed by atoms with E-state index >= 15 is 0 Å². The smallest absolute Gasteiger partial charge is 0.336 e. The van der Waals surface area contributed by atoms with Gasteiger partial charge in [0.2, 0.25) is 12.7 Å². The zero-order valence-corrected chi connectivity index (χ0v) is 14.1. The Labute approximate surface area is 152 Å². The summed E-state index contributed by atoms with van der Waals surface area (Å²) in [5.74, 6) is -0.347. The molecule has 0 atom stereocenters. The van der Waals surface area contributed by atoms with E-state index in [4.69, 9.17) is 9.47 Å².